The first-order chi connectivity index (χ1) is 16.1. The Labute approximate surface area is 199 Å². The van der Waals surface area contributed by atoms with Crippen molar-refractivity contribution in [2.75, 3.05) is 18.6 Å². The zero-order valence-corrected chi connectivity index (χ0v) is 19.3. The first-order valence-corrected chi connectivity index (χ1v) is 11.7. The van der Waals surface area contributed by atoms with E-state index in [1.54, 1.807) is 6.26 Å². The predicted octanol–water partition coefficient (Wildman–Crippen LogP) is -2.57. The van der Waals surface area contributed by atoms with Crippen LogP contribution >= 0.6 is 11.8 Å². The van der Waals surface area contributed by atoms with E-state index in [0.29, 0.717) is 11.4 Å². The molecule has 0 aliphatic carbocycles. The van der Waals surface area contributed by atoms with Gasteiger partial charge in [-0.05, 0) is 24.9 Å². The highest BCUT2D eigenvalue weighted by Gasteiger charge is 2.30. The van der Waals surface area contributed by atoms with Crippen molar-refractivity contribution in [2.45, 2.75) is 49.9 Å². The molecule has 15 heteroatoms. The molecule has 14 nitrogen and oxygen atoms in total. The number of nitrogens with zero attached hydrogens (tertiary/aromatic N) is 1. The molecular weight excluding hydrogens is 472 g/mol. The molecule has 0 bridgehead atoms. The summed E-state index contributed by atoms with van der Waals surface area (Å²) >= 11 is 1.40. The Morgan fingerprint density at radius 1 is 1.03 bits per heavy atom. The molecule has 0 spiro atoms. The SMILES string of the molecule is CSCCC(NC(=O)C(CO)NC(=O)C(N)CCC(=O)O)C(=O)NC(Cc1cnc[nH]1)C(=O)O. The number of aromatic nitrogens is 2. The number of aliphatic hydroxyl groups is 1. The van der Waals surface area contributed by atoms with Crippen LogP contribution in [0.3, 0.4) is 0 Å². The average Bonchev–Trinajstić information content (AvgIpc) is 3.30. The van der Waals surface area contributed by atoms with Crippen molar-refractivity contribution in [1.29, 1.82) is 0 Å². The van der Waals surface area contributed by atoms with E-state index in [9.17, 15) is 34.2 Å². The standard InChI is InChI=1S/C19H30N6O8S/c1-34-5-4-12(17(30)24-13(19(32)33)6-10-7-21-9-22-10)23-18(31)14(8-26)25-16(29)11(20)2-3-15(27)28/h7,9,11-14,26H,2-6,8,20H2,1H3,(H,21,22)(H,23,31)(H,24,30)(H,25,29)(H,27,28)(H,32,33). The minimum absolute atomic E-state index is 0.0617. The molecule has 190 valence electrons. The molecule has 0 aliphatic heterocycles. The number of amides is 3. The second-order valence-electron chi connectivity index (χ2n) is 7.31. The zero-order chi connectivity index (χ0) is 25.7. The predicted molar refractivity (Wildman–Crippen MR) is 121 cm³/mol. The number of carboxylic acid groups (broad SMARTS) is 2. The molecule has 0 fully saturated rings. The number of H-pyrrole nitrogens is 1. The van der Waals surface area contributed by atoms with Crippen LogP contribution in [0.5, 0.6) is 0 Å². The van der Waals surface area contributed by atoms with Gasteiger partial charge in [-0.3, -0.25) is 19.2 Å². The van der Waals surface area contributed by atoms with Crippen LogP contribution in [0.4, 0.5) is 0 Å². The zero-order valence-electron chi connectivity index (χ0n) is 18.5. The number of hydrogen-bond acceptors (Lipinski definition) is 9. The fourth-order valence-corrected chi connectivity index (χ4v) is 3.22. The van der Waals surface area contributed by atoms with E-state index in [-0.39, 0.29) is 25.7 Å². The lowest BCUT2D eigenvalue weighted by molar-refractivity contribution is -0.142. The molecule has 4 unspecified atom stereocenters. The van der Waals surface area contributed by atoms with Gasteiger partial charge < -0.3 is 42.0 Å². The molecule has 1 rings (SSSR count). The number of carboxylic acids is 2. The van der Waals surface area contributed by atoms with Gasteiger partial charge in [-0.1, -0.05) is 0 Å². The monoisotopic (exact) mass is 502 g/mol. The minimum Gasteiger partial charge on any atom is -0.481 e. The third-order valence-electron chi connectivity index (χ3n) is 4.66. The number of carbonyl (C=O) groups excluding carboxylic acids is 3. The topological polar surface area (TPSA) is 237 Å². The van der Waals surface area contributed by atoms with Gasteiger partial charge in [0.25, 0.3) is 0 Å². The van der Waals surface area contributed by atoms with Crippen molar-refractivity contribution in [2.24, 2.45) is 5.73 Å². The summed E-state index contributed by atoms with van der Waals surface area (Å²) in [6.45, 7) is -0.808. The molecule has 1 heterocycles. The number of thioether (sulfide) groups is 1. The lowest BCUT2D eigenvalue weighted by Gasteiger charge is -2.24. The highest BCUT2D eigenvalue weighted by molar-refractivity contribution is 7.98. The number of hydrogen-bond donors (Lipinski definition) is 8. The Morgan fingerprint density at radius 3 is 2.18 bits per heavy atom. The first kappa shape index (κ1) is 28.9. The van der Waals surface area contributed by atoms with E-state index in [0.717, 1.165) is 0 Å². The smallest absolute Gasteiger partial charge is 0.326 e. The number of rotatable bonds is 16. The highest BCUT2D eigenvalue weighted by Crippen LogP contribution is 2.05. The van der Waals surface area contributed by atoms with Gasteiger partial charge in [0.2, 0.25) is 17.7 Å². The number of aromatic amines is 1. The van der Waals surface area contributed by atoms with Crippen LogP contribution in [0, 0.1) is 0 Å². The second kappa shape index (κ2) is 14.9. The largest absolute Gasteiger partial charge is 0.481 e. The van der Waals surface area contributed by atoms with E-state index in [2.05, 4.69) is 25.9 Å². The summed E-state index contributed by atoms with van der Waals surface area (Å²) in [5.41, 5.74) is 6.09. The number of nitrogens with one attached hydrogen (secondary N) is 4. The van der Waals surface area contributed by atoms with Crippen LogP contribution in [0.25, 0.3) is 0 Å². The Bertz CT molecular complexity index is 837. The van der Waals surface area contributed by atoms with Gasteiger partial charge in [-0.2, -0.15) is 11.8 Å². The number of nitrogens with two attached hydrogens (primary N) is 1. The second-order valence-corrected chi connectivity index (χ2v) is 8.29. The van der Waals surface area contributed by atoms with Gasteiger partial charge in [-0.15, -0.1) is 0 Å². The van der Waals surface area contributed by atoms with Crippen LogP contribution in [-0.4, -0.2) is 97.7 Å². The van der Waals surface area contributed by atoms with Crippen LogP contribution in [-0.2, 0) is 30.4 Å². The maximum atomic E-state index is 12.8. The Balaban J connectivity index is 2.82. The summed E-state index contributed by atoms with van der Waals surface area (Å²) < 4.78 is 0. The third kappa shape index (κ3) is 10.2. The van der Waals surface area contributed by atoms with Crippen molar-refractivity contribution in [3.8, 4) is 0 Å². The fourth-order valence-electron chi connectivity index (χ4n) is 2.75. The third-order valence-corrected chi connectivity index (χ3v) is 5.30. The van der Waals surface area contributed by atoms with Gasteiger partial charge in [0.15, 0.2) is 0 Å². The van der Waals surface area contributed by atoms with Crippen LogP contribution < -0.4 is 21.7 Å². The number of imidazole rings is 1. The van der Waals surface area contributed by atoms with E-state index < -0.39 is 60.4 Å². The molecule has 9 N–H and O–H groups in total. The number of aliphatic hydroxyl groups excluding tert-OH is 1. The highest BCUT2D eigenvalue weighted by atomic mass is 32.2. The lowest BCUT2D eigenvalue weighted by atomic mass is 10.1. The fraction of sp³-hybridized carbons (Fsp3) is 0.579. The number of carbonyl (C=O) groups is 5. The van der Waals surface area contributed by atoms with Crippen molar-refractivity contribution in [3.63, 3.8) is 0 Å². The van der Waals surface area contributed by atoms with Crippen molar-refractivity contribution >= 4 is 41.4 Å². The molecule has 0 aliphatic rings. The molecule has 3 amide bonds. The molecule has 0 saturated carbocycles. The Kier molecular flexibility index (Phi) is 12.6. The molecular formula is C19H30N6O8S. The number of aliphatic carboxylic acids is 2. The molecule has 34 heavy (non-hydrogen) atoms. The van der Waals surface area contributed by atoms with Gasteiger partial charge in [0.05, 0.1) is 19.0 Å². The van der Waals surface area contributed by atoms with Crippen LogP contribution in [0.2, 0.25) is 0 Å². The molecule has 0 saturated heterocycles. The Hall–Kier alpha value is -3.17. The Morgan fingerprint density at radius 2 is 1.65 bits per heavy atom. The van der Waals surface area contributed by atoms with Crippen molar-refractivity contribution in [3.05, 3.63) is 18.2 Å². The van der Waals surface area contributed by atoms with Crippen molar-refractivity contribution in [1.82, 2.24) is 25.9 Å². The maximum absolute atomic E-state index is 12.8. The van der Waals surface area contributed by atoms with Crippen LogP contribution in [0.15, 0.2) is 12.5 Å². The maximum Gasteiger partial charge on any atom is 0.326 e. The van der Waals surface area contributed by atoms with Gasteiger partial charge >= 0.3 is 11.9 Å². The van der Waals surface area contributed by atoms with Crippen molar-refractivity contribution < 1.29 is 39.3 Å². The summed E-state index contributed by atoms with van der Waals surface area (Å²) in [6, 6.07) is -5.10. The normalized spacial score (nSPS) is 14.3. The lowest BCUT2D eigenvalue weighted by Crippen LogP contribution is -2.58. The van der Waals surface area contributed by atoms with Crippen LogP contribution in [0.1, 0.15) is 25.0 Å². The van der Waals surface area contributed by atoms with E-state index in [1.165, 1.54) is 24.3 Å². The molecule has 0 aromatic carbocycles. The minimum atomic E-state index is -1.45. The molecule has 1 aromatic heterocycles. The molecule has 4 atom stereocenters. The first-order valence-electron chi connectivity index (χ1n) is 10.3. The van der Waals surface area contributed by atoms with E-state index in [1.807, 2.05) is 0 Å². The molecule has 0 radical (unpaired) electrons. The van der Waals surface area contributed by atoms with Gasteiger partial charge in [0, 0.05) is 24.7 Å². The molecule has 1 aromatic rings. The van der Waals surface area contributed by atoms with E-state index >= 15 is 0 Å². The summed E-state index contributed by atoms with van der Waals surface area (Å²) in [5, 5.41) is 34.7. The van der Waals surface area contributed by atoms with Gasteiger partial charge in [-0.25, -0.2) is 9.78 Å². The average molecular weight is 503 g/mol. The van der Waals surface area contributed by atoms with E-state index in [4.69, 9.17) is 10.8 Å². The van der Waals surface area contributed by atoms with Gasteiger partial charge in [0.1, 0.15) is 18.1 Å². The summed E-state index contributed by atoms with van der Waals surface area (Å²) in [4.78, 5) is 66.2. The summed E-state index contributed by atoms with van der Waals surface area (Å²) in [6.07, 6.45) is 4.13. The summed E-state index contributed by atoms with van der Waals surface area (Å²) in [7, 11) is 0. The quantitative estimate of drug-likeness (QED) is 0.117. The summed E-state index contributed by atoms with van der Waals surface area (Å²) in [5.74, 6) is -4.46.